The van der Waals surface area contributed by atoms with Gasteiger partial charge in [0, 0.05) is 25.1 Å². The van der Waals surface area contributed by atoms with Crippen LogP contribution in [0.2, 0.25) is 0 Å². The van der Waals surface area contributed by atoms with E-state index in [0.717, 1.165) is 5.56 Å². The van der Waals surface area contributed by atoms with E-state index in [1.807, 2.05) is 12.1 Å². The fourth-order valence-electron chi connectivity index (χ4n) is 1.47. The summed E-state index contributed by atoms with van der Waals surface area (Å²) in [6.07, 6.45) is 5.06. The van der Waals surface area contributed by atoms with Crippen molar-refractivity contribution in [1.29, 1.82) is 0 Å². The van der Waals surface area contributed by atoms with Crippen LogP contribution in [0.15, 0.2) is 42.9 Å². The molecule has 0 amide bonds. The first-order valence-corrected chi connectivity index (χ1v) is 5.47. The van der Waals surface area contributed by atoms with Gasteiger partial charge in [0.1, 0.15) is 5.82 Å². The number of anilines is 1. The molecule has 5 nitrogen and oxygen atoms in total. The van der Waals surface area contributed by atoms with E-state index < -0.39 is 0 Å². The molecule has 0 unspecified atom stereocenters. The van der Waals surface area contributed by atoms with Crippen molar-refractivity contribution < 1.29 is 9.53 Å². The van der Waals surface area contributed by atoms with Gasteiger partial charge < -0.3 is 10.1 Å². The van der Waals surface area contributed by atoms with Crippen LogP contribution in [0, 0.1) is 0 Å². The molecule has 5 heteroatoms. The van der Waals surface area contributed by atoms with Crippen molar-refractivity contribution in [1.82, 2.24) is 9.97 Å². The number of pyridine rings is 2. The summed E-state index contributed by atoms with van der Waals surface area (Å²) < 4.78 is 4.65. The number of rotatable bonds is 4. The first-order chi connectivity index (χ1) is 8.79. The second kappa shape index (κ2) is 5.77. The van der Waals surface area contributed by atoms with Crippen LogP contribution in [0.5, 0.6) is 0 Å². The molecule has 0 radical (unpaired) electrons. The molecule has 0 aliphatic rings. The Hall–Kier alpha value is -2.43. The largest absolute Gasteiger partial charge is 0.465 e. The lowest BCUT2D eigenvalue weighted by Crippen LogP contribution is -2.05. The van der Waals surface area contributed by atoms with Crippen molar-refractivity contribution in [2.45, 2.75) is 6.54 Å². The Morgan fingerprint density at radius 2 is 2.28 bits per heavy atom. The Labute approximate surface area is 105 Å². The van der Waals surface area contributed by atoms with E-state index in [-0.39, 0.29) is 5.97 Å². The van der Waals surface area contributed by atoms with Crippen LogP contribution in [-0.2, 0) is 11.3 Å². The zero-order valence-electron chi connectivity index (χ0n) is 9.96. The van der Waals surface area contributed by atoms with Crippen LogP contribution in [0.3, 0.4) is 0 Å². The molecule has 0 spiro atoms. The summed E-state index contributed by atoms with van der Waals surface area (Å²) in [5, 5.41) is 3.12. The topological polar surface area (TPSA) is 64.1 Å². The van der Waals surface area contributed by atoms with Gasteiger partial charge in [0.15, 0.2) is 0 Å². The fourth-order valence-corrected chi connectivity index (χ4v) is 1.47. The molecule has 0 aliphatic heterocycles. The summed E-state index contributed by atoms with van der Waals surface area (Å²) in [5.74, 6) is 0.253. The maximum absolute atomic E-state index is 11.4. The molecule has 0 saturated carbocycles. The van der Waals surface area contributed by atoms with Crippen molar-refractivity contribution in [3.8, 4) is 0 Å². The zero-order valence-corrected chi connectivity index (χ0v) is 9.96. The van der Waals surface area contributed by atoms with Gasteiger partial charge in [-0.3, -0.25) is 4.98 Å². The second-order valence-electron chi connectivity index (χ2n) is 3.64. The van der Waals surface area contributed by atoms with Crippen LogP contribution in [-0.4, -0.2) is 23.0 Å². The van der Waals surface area contributed by atoms with Crippen molar-refractivity contribution in [2.24, 2.45) is 0 Å². The number of aromatic nitrogens is 2. The van der Waals surface area contributed by atoms with E-state index in [2.05, 4.69) is 20.0 Å². The van der Waals surface area contributed by atoms with Gasteiger partial charge in [0.05, 0.1) is 12.7 Å². The molecule has 0 atom stereocenters. The van der Waals surface area contributed by atoms with Crippen LogP contribution >= 0.6 is 0 Å². The first kappa shape index (κ1) is 12.0. The van der Waals surface area contributed by atoms with Crippen molar-refractivity contribution >= 4 is 11.8 Å². The Balaban J connectivity index is 2.04. The van der Waals surface area contributed by atoms with Crippen LogP contribution in [0.25, 0.3) is 0 Å². The van der Waals surface area contributed by atoms with Gasteiger partial charge in [-0.1, -0.05) is 6.07 Å². The lowest BCUT2D eigenvalue weighted by atomic mass is 10.2. The number of hydrogen-bond donors (Lipinski definition) is 1. The third-order valence-corrected chi connectivity index (χ3v) is 2.38. The van der Waals surface area contributed by atoms with Crippen molar-refractivity contribution in [2.75, 3.05) is 12.4 Å². The maximum atomic E-state index is 11.4. The Bertz CT molecular complexity index is 529. The van der Waals surface area contributed by atoms with Crippen molar-refractivity contribution in [3.05, 3.63) is 54.0 Å². The Kier molecular flexibility index (Phi) is 3.86. The summed E-state index contributed by atoms with van der Waals surface area (Å²) in [4.78, 5) is 19.5. The van der Waals surface area contributed by atoms with E-state index in [4.69, 9.17) is 0 Å². The molecule has 0 saturated heterocycles. The predicted molar refractivity (Wildman–Crippen MR) is 67.1 cm³/mol. The molecule has 0 aromatic carbocycles. The molecule has 0 fully saturated rings. The molecule has 0 aliphatic carbocycles. The van der Waals surface area contributed by atoms with E-state index in [0.29, 0.717) is 17.9 Å². The first-order valence-electron chi connectivity index (χ1n) is 5.47. The lowest BCUT2D eigenvalue weighted by Gasteiger charge is -2.06. The number of nitrogens with zero attached hydrogens (tertiary/aromatic N) is 2. The van der Waals surface area contributed by atoms with Crippen LogP contribution in [0.1, 0.15) is 15.9 Å². The molecule has 2 rings (SSSR count). The molecule has 2 aromatic rings. The normalized spacial score (nSPS) is 9.83. The summed E-state index contributed by atoms with van der Waals surface area (Å²) in [6, 6.07) is 7.10. The summed E-state index contributed by atoms with van der Waals surface area (Å²) in [5.41, 5.74) is 1.52. The molecule has 2 heterocycles. The van der Waals surface area contributed by atoms with E-state index >= 15 is 0 Å². The number of ether oxygens (including phenoxy) is 1. The standard InChI is InChI=1S/C13H13N3O2/c1-18-13(17)11-4-6-15-12(7-11)16-9-10-3-2-5-14-8-10/h2-8H,9H2,1H3,(H,15,16). The van der Waals surface area contributed by atoms with Gasteiger partial charge in [-0.15, -0.1) is 0 Å². The van der Waals surface area contributed by atoms with E-state index in [9.17, 15) is 4.79 Å². The number of carbonyl (C=O) groups is 1. The average Bonchev–Trinajstić information content (AvgIpc) is 2.45. The fraction of sp³-hybridized carbons (Fsp3) is 0.154. The molecule has 2 aromatic heterocycles. The van der Waals surface area contributed by atoms with Gasteiger partial charge in [0.2, 0.25) is 0 Å². The molecule has 92 valence electrons. The van der Waals surface area contributed by atoms with E-state index in [1.165, 1.54) is 7.11 Å². The van der Waals surface area contributed by atoms with Gasteiger partial charge in [-0.05, 0) is 23.8 Å². The summed E-state index contributed by atoms with van der Waals surface area (Å²) in [7, 11) is 1.35. The Morgan fingerprint density at radius 3 is 3.00 bits per heavy atom. The lowest BCUT2D eigenvalue weighted by molar-refractivity contribution is 0.0600. The number of carbonyl (C=O) groups excluding carboxylic acids is 1. The molecule has 1 N–H and O–H groups in total. The highest BCUT2D eigenvalue weighted by molar-refractivity contribution is 5.89. The van der Waals surface area contributed by atoms with Crippen molar-refractivity contribution in [3.63, 3.8) is 0 Å². The third-order valence-electron chi connectivity index (χ3n) is 2.38. The van der Waals surface area contributed by atoms with Crippen LogP contribution in [0.4, 0.5) is 5.82 Å². The quantitative estimate of drug-likeness (QED) is 0.830. The number of hydrogen-bond acceptors (Lipinski definition) is 5. The molecule has 18 heavy (non-hydrogen) atoms. The highest BCUT2D eigenvalue weighted by atomic mass is 16.5. The highest BCUT2D eigenvalue weighted by Gasteiger charge is 2.06. The molecular formula is C13H13N3O2. The summed E-state index contributed by atoms with van der Waals surface area (Å²) >= 11 is 0. The molecular weight excluding hydrogens is 230 g/mol. The van der Waals surface area contributed by atoms with Gasteiger partial charge >= 0.3 is 5.97 Å². The maximum Gasteiger partial charge on any atom is 0.338 e. The minimum Gasteiger partial charge on any atom is -0.465 e. The SMILES string of the molecule is COC(=O)c1ccnc(NCc2cccnc2)c1. The van der Waals surface area contributed by atoms with Crippen LogP contribution < -0.4 is 5.32 Å². The van der Waals surface area contributed by atoms with Gasteiger partial charge in [-0.2, -0.15) is 0 Å². The number of esters is 1. The monoisotopic (exact) mass is 243 g/mol. The average molecular weight is 243 g/mol. The van der Waals surface area contributed by atoms with Gasteiger partial charge in [-0.25, -0.2) is 9.78 Å². The predicted octanol–water partition coefficient (Wildman–Crippen LogP) is 1.88. The zero-order chi connectivity index (χ0) is 12.8. The summed E-state index contributed by atoms with van der Waals surface area (Å²) in [6.45, 7) is 0.603. The number of methoxy groups -OCH3 is 1. The minimum atomic E-state index is -0.373. The Morgan fingerprint density at radius 1 is 1.39 bits per heavy atom. The van der Waals surface area contributed by atoms with Gasteiger partial charge in [0.25, 0.3) is 0 Å². The third kappa shape index (κ3) is 3.04. The highest BCUT2D eigenvalue weighted by Crippen LogP contribution is 2.09. The molecule has 0 bridgehead atoms. The van der Waals surface area contributed by atoms with E-state index in [1.54, 1.807) is 30.7 Å². The smallest absolute Gasteiger partial charge is 0.338 e. The number of nitrogens with one attached hydrogen (secondary N) is 1. The second-order valence-corrected chi connectivity index (χ2v) is 3.64. The minimum absolute atomic E-state index is 0.373.